The Bertz CT molecular complexity index is 556. The number of benzene rings is 1. The van der Waals surface area contributed by atoms with Gasteiger partial charge in [0.15, 0.2) is 0 Å². The summed E-state index contributed by atoms with van der Waals surface area (Å²) in [6.45, 7) is 0. The van der Waals surface area contributed by atoms with Crippen molar-refractivity contribution < 1.29 is 0 Å². The van der Waals surface area contributed by atoms with E-state index in [1.54, 1.807) is 0 Å². The molecule has 0 saturated heterocycles. The summed E-state index contributed by atoms with van der Waals surface area (Å²) < 4.78 is 0. The minimum Gasteiger partial charge on any atom is -0.340 e. The third-order valence-electron chi connectivity index (χ3n) is 3.68. The summed E-state index contributed by atoms with van der Waals surface area (Å²) >= 11 is 6.00. The monoisotopic (exact) mass is 261 g/mol. The summed E-state index contributed by atoms with van der Waals surface area (Å²) in [6, 6.07) is 7.74. The van der Waals surface area contributed by atoms with Crippen LogP contribution in [0.15, 0.2) is 30.5 Å². The van der Waals surface area contributed by atoms with E-state index < -0.39 is 0 Å². The van der Waals surface area contributed by atoms with E-state index in [9.17, 15) is 0 Å². The molecular weight excluding hydrogens is 246 g/mol. The number of aromatic nitrogens is 2. The van der Waals surface area contributed by atoms with Crippen molar-refractivity contribution in [2.24, 2.45) is 5.73 Å². The average Bonchev–Trinajstić information content (AvgIpc) is 2.98. The van der Waals surface area contributed by atoms with Crippen molar-refractivity contribution in [1.29, 1.82) is 0 Å². The second kappa shape index (κ2) is 4.41. The zero-order chi connectivity index (χ0) is 12.6. The van der Waals surface area contributed by atoms with E-state index in [1.807, 2.05) is 30.5 Å². The summed E-state index contributed by atoms with van der Waals surface area (Å²) in [6.07, 6.45) is 6.23. The zero-order valence-electron chi connectivity index (χ0n) is 10.1. The molecule has 1 aromatic heterocycles. The lowest BCUT2D eigenvalue weighted by atomic mass is 9.99. The Labute approximate surface area is 111 Å². The van der Waals surface area contributed by atoms with Crippen molar-refractivity contribution in [1.82, 2.24) is 9.97 Å². The summed E-state index contributed by atoms with van der Waals surface area (Å²) in [4.78, 5) is 7.80. The number of H-pyrrole nitrogens is 1. The van der Waals surface area contributed by atoms with Crippen molar-refractivity contribution in [2.45, 2.75) is 31.2 Å². The molecule has 0 radical (unpaired) electrons. The highest BCUT2D eigenvalue weighted by atomic mass is 35.5. The van der Waals surface area contributed by atoms with Gasteiger partial charge in [-0.15, -0.1) is 0 Å². The molecule has 0 bridgehead atoms. The molecule has 0 amide bonds. The molecule has 3 N–H and O–H groups in total. The highest BCUT2D eigenvalue weighted by molar-refractivity contribution is 6.30. The second-order valence-electron chi connectivity index (χ2n) is 5.02. The van der Waals surface area contributed by atoms with Gasteiger partial charge in [-0.25, -0.2) is 4.98 Å². The fourth-order valence-corrected chi connectivity index (χ4v) is 2.81. The molecule has 0 atom stereocenters. The van der Waals surface area contributed by atoms with Gasteiger partial charge in [0.25, 0.3) is 0 Å². The van der Waals surface area contributed by atoms with Crippen LogP contribution in [0, 0.1) is 0 Å². The SMILES string of the molecule is NC1(c2ncc(-c3cccc(Cl)c3)[nH]2)CCCC1. The molecular formula is C14H16ClN3. The highest BCUT2D eigenvalue weighted by Crippen LogP contribution is 2.35. The lowest BCUT2D eigenvalue weighted by molar-refractivity contribution is 0.436. The molecule has 1 aliphatic rings. The third-order valence-corrected chi connectivity index (χ3v) is 3.91. The van der Waals surface area contributed by atoms with E-state index in [2.05, 4.69) is 9.97 Å². The Balaban J connectivity index is 1.94. The van der Waals surface area contributed by atoms with Crippen LogP contribution in [0.5, 0.6) is 0 Å². The number of imidazole rings is 1. The lowest BCUT2D eigenvalue weighted by Gasteiger charge is -2.20. The van der Waals surface area contributed by atoms with E-state index in [-0.39, 0.29) is 5.54 Å². The lowest BCUT2D eigenvalue weighted by Crippen LogP contribution is -2.34. The van der Waals surface area contributed by atoms with Gasteiger partial charge in [-0.05, 0) is 25.0 Å². The summed E-state index contributed by atoms with van der Waals surface area (Å²) in [5.74, 6) is 0.898. The van der Waals surface area contributed by atoms with Crippen LogP contribution in [0.2, 0.25) is 5.02 Å². The van der Waals surface area contributed by atoms with Crippen LogP contribution in [0.3, 0.4) is 0 Å². The Kier molecular flexibility index (Phi) is 2.88. The van der Waals surface area contributed by atoms with Gasteiger partial charge in [0.05, 0.1) is 17.4 Å². The fourth-order valence-electron chi connectivity index (χ4n) is 2.62. The average molecular weight is 262 g/mol. The molecule has 3 rings (SSSR count). The molecule has 94 valence electrons. The Morgan fingerprint density at radius 3 is 2.78 bits per heavy atom. The number of aromatic amines is 1. The van der Waals surface area contributed by atoms with E-state index in [0.29, 0.717) is 0 Å². The maximum absolute atomic E-state index is 6.38. The van der Waals surface area contributed by atoms with Crippen LogP contribution >= 0.6 is 11.6 Å². The van der Waals surface area contributed by atoms with Gasteiger partial charge in [0, 0.05) is 10.6 Å². The first-order valence-electron chi connectivity index (χ1n) is 6.28. The van der Waals surface area contributed by atoms with Gasteiger partial charge in [0.2, 0.25) is 0 Å². The van der Waals surface area contributed by atoms with Crippen LogP contribution in [0.1, 0.15) is 31.5 Å². The Morgan fingerprint density at radius 1 is 1.28 bits per heavy atom. The van der Waals surface area contributed by atoms with Crippen LogP contribution in [0.4, 0.5) is 0 Å². The first-order valence-corrected chi connectivity index (χ1v) is 6.65. The normalized spacial score (nSPS) is 18.1. The number of nitrogens with two attached hydrogens (primary N) is 1. The number of hydrogen-bond acceptors (Lipinski definition) is 2. The molecule has 18 heavy (non-hydrogen) atoms. The maximum atomic E-state index is 6.38. The van der Waals surface area contributed by atoms with Crippen LogP contribution in [-0.2, 0) is 5.54 Å². The van der Waals surface area contributed by atoms with E-state index in [1.165, 1.54) is 12.8 Å². The topological polar surface area (TPSA) is 54.7 Å². The predicted molar refractivity (Wildman–Crippen MR) is 73.4 cm³/mol. The molecule has 0 unspecified atom stereocenters. The fraction of sp³-hybridized carbons (Fsp3) is 0.357. The minimum atomic E-state index is -0.267. The quantitative estimate of drug-likeness (QED) is 0.870. The largest absolute Gasteiger partial charge is 0.340 e. The molecule has 4 heteroatoms. The molecule has 3 nitrogen and oxygen atoms in total. The second-order valence-corrected chi connectivity index (χ2v) is 5.46. The van der Waals surface area contributed by atoms with Gasteiger partial charge < -0.3 is 10.7 Å². The molecule has 0 spiro atoms. The number of halogens is 1. The molecule has 1 saturated carbocycles. The van der Waals surface area contributed by atoms with Gasteiger partial charge >= 0.3 is 0 Å². The van der Waals surface area contributed by atoms with Crippen LogP contribution in [0.25, 0.3) is 11.3 Å². The van der Waals surface area contributed by atoms with E-state index in [0.717, 1.165) is 34.9 Å². The van der Waals surface area contributed by atoms with Crippen molar-refractivity contribution in [3.05, 3.63) is 41.3 Å². The van der Waals surface area contributed by atoms with Gasteiger partial charge in [-0.2, -0.15) is 0 Å². The van der Waals surface area contributed by atoms with Gasteiger partial charge in [0.1, 0.15) is 5.82 Å². The number of hydrogen-bond donors (Lipinski definition) is 2. The molecule has 1 aliphatic carbocycles. The first-order chi connectivity index (χ1) is 8.67. The summed E-state index contributed by atoms with van der Waals surface area (Å²) in [5.41, 5.74) is 8.14. The maximum Gasteiger partial charge on any atom is 0.126 e. The van der Waals surface area contributed by atoms with Crippen LogP contribution < -0.4 is 5.73 Å². The summed E-state index contributed by atoms with van der Waals surface area (Å²) in [7, 11) is 0. The molecule has 1 aromatic carbocycles. The Morgan fingerprint density at radius 2 is 2.06 bits per heavy atom. The number of nitrogens with one attached hydrogen (secondary N) is 1. The van der Waals surface area contributed by atoms with E-state index >= 15 is 0 Å². The Hall–Kier alpha value is -1.32. The van der Waals surface area contributed by atoms with Crippen LogP contribution in [-0.4, -0.2) is 9.97 Å². The standard InChI is InChI=1S/C14H16ClN3/c15-11-5-3-4-10(8-11)12-9-17-13(18-12)14(16)6-1-2-7-14/h3-5,8-9H,1-2,6-7,16H2,(H,17,18). The highest BCUT2D eigenvalue weighted by Gasteiger charge is 2.33. The third kappa shape index (κ3) is 2.04. The zero-order valence-corrected chi connectivity index (χ0v) is 10.9. The van der Waals surface area contributed by atoms with Crippen molar-refractivity contribution in [3.8, 4) is 11.3 Å². The first kappa shape index (κ1) is 11.8. The smallest absolute Gasteiger partial charge is 0.126 e. The van der Waals surface area contributed by atoms with Gasteiger partial charge in [-0.1, -0.05) is 36.6 Å². The molecule has 0 aliphatic heterocycles. The molecule has 1 heterocycles. The predicted octanol–water partition coefficient (Wildman–Crippen LogP) is 3.46. The summed E-state index contributed by atoms with van der Waals surface area (Å²) in [5, 5.41) is 0.729. The van der Waals surface area contributed by atoms with E-state index in [4.69, 9.17) is 17.3 Å². The van der Waals surface area contributed by atoms with Crippen molar-refractivity contribution in [2.75, 3.05) is 0 Å². The minimum absolute atomic E-state index is 0.267. The number of nitrogens with zero attached hydrogens (tertiary/aromatic N) is 1. The molecule has 1 fully saturated rings. The molecule has 2 aromatic rings. The number of rotatable bonds is 2. The van der Waals surface area contributed by atoms with Crippen molar-refractivity contribution in [3.63, 3.8) is 0 Å². The van der Waals surface area contributed by atoms with Gasteiger partial charge in [-0.3, -0.25) is 0 Å². The van der Waals surface area contributed by atoms with Crippen molar-refractivity contribution >= 4 is 11.6 Å².